The lowest BCUT2D eigenvalue weighted by Crippen LogP contribution is -2.12. The first-order chi connectivity index (χ1) is 12.5. The van der Waals surface area contributed by atoms with Crippen molar-refractivity contribution < 1.29 is 18.8 Å². The molecule has 1 aromatic heterocycles. The lowest BCUT2D eigenvalue weighted by atomic mass is 10.0. The van der Waals surface area contributed by atoms with Crippen molar-refractivity contribution in [2.45, 2.75) is 13.3 Å². The molecule has 0 aliphatic carbocycles. The van der Waals surface area contributed by atoms with Gasteiger partial charge in [-0.05, 0) is 36.8 Å². The van der Waals surface area contributed by atoms with Gasteiger partial charge in [0.15, 0.2) is 11.5 Å². The van der Waals surface area contributed by atoms with E-state index in [4.69, 9.17) is 14.0 Å². The van der Waals surface area contributed by atoms with Crippen molar-refractivity contribution in [2.75, 3.05) is 14.2 Å². The molecule has 3 aromatic rings. The second-order valence-corrected chi connectivity index (χ2v) is 5.77. The van der Waals surface area contributed by atoms with Crippen LogP contribution >= 0.6 is 0 Å². The molecule has 6 heteroatoms. The molecule has 26 heavy (non-hydrogen) atoms. The topological polar surface area (TPSA) is 70.7 Å². The Morgan fingerprint density at radius 1 is 1.04 bits per heavy atom. The number of hydrogen-bond acceptors (Lipinski definition) is 5. The van der Waals surface area contributed by atoms with E-state index in [1.807, 2.05) is 12.1 Å². The van der Waals surface area contributed by atoms with E-state index in [9.17, 15) is 9.59 Å². The minimum Gasteiger partial charge on any atom is -0.493 e. The largest absolute Gasteiger partial charge is 0.493 e. The second-order valence-electron chi connectivity index (χ2n) is 5.77. The minimum absolute atomic E-state index is 0.323. The summed E-state index contributed by atoms with van der Waals surface area (Å²) in [6.45, 7) is 1.70. The maximum absolute atomic E-state index is 12.6. The SMILES string of the molecule is COc1ccc(Cc2c(C)n(C(=O)c3ccccc3)oc2=O)cc1OC. The Hall–Kier alpha value is -3.28. The Balaban J connectivity index is 1.94. The Labute approximate surface area is 150 Å². The van der Waals surface area contributed by atoms with Gasteiger partial charge in [0.1, 0.15) is 0 Å². The zero-order chi connectivity index (χ0) is 18.7. The van der Waals surface area contributed by atoms with Crippen molar-refractivity contribution in [1.29, 1.82) is 0 Å². The molecule has 0 aliphatic heterocycles. The number of aromatic nitrogens is 1. The van der Waals surface area contributed by atoms with Crippen molar-refractivity contribution in [1.82, 2.24) is 4.74 Å². The van der Waals surface area contributed by atoms with E-state index in [1.165, 1.54) is 0 Å². The van der Waals surface area contributed by atoms with Crippen LogP contribution in [0.1, 0.15) is 27.2 Å². The smallest absolute Gasteiger partial charge is 0.361 e. The van der Waals surface area contributed by atoms with Crippen molar-refractivity contribution in [3.63, 3.8) is 0 Å². The molecule has 0 amide bonds. The van der Waals surface area contributed by atoms with Crippen molar-refractivity contribution in [2.24, 2.45) is 0 Å². The molecule has 0 saturated carbocycles. The molecule has 0 bridgehead atoms. The number of ether oxygens (including phenoxy) is 2. The van der Waals surface area contributed by atoms with E-state index < -0.39 is 5.63 Å². The van der Waals surface area contributed by atoms with Crippen molar-refractivity contribution in [3.05, 3.63) is 81.3 Å². The minimum atomic E-state index is -0.526. The normalized spacial score (nSPS) is 10.6. The monoisotopic (exact) mass is 353 g/mol. The van der Waals surface area contributed by atoms with Crippen LogP contribution in [0.5, 0.6) is 11.5 Å². The van der Waals surface area contributed by atoms with Gasteiger partial charge in [-0.25, -0.2) is 4.79 Å². The number of carbonyl (C=O) groups excluding carboxylic acids is 1. The Morgan fingerprint density at radius 2 is 1.73 bits per heavy atom. The quantitative estimate of drug-likeness (QED) is 0.705. The molecule has 0 N–H and O–H groups in total. The van der Waals surface area contributed by atoms with Crippen LogP contribution in [-0.4, -0.2) is 24.9 Å². The molecule has 134 valence electrons. The third-order valence-corrected chi connectivity index (χ3v) is 4.20. The fourth-order valence-electron chi connectivity index (χ4n) is 2.76. The first kappa shape index (κ1) is 17.5. The van der Waals surface area contributed by atoms with Crippen LogP contribution in [0.4, 0.5) is 0 Å². The molecular formula is C20H19NO5. The highest BCUT2D eigenvalue weighted by molar-refractivity contribution is 5.95. The molecule has 0 aliphatic rings. The van der Waals surface area contributed by atoms with E-state index in [1.54, 1.807) is 57.5 Å². The number of methoxy groups -OCH3 is 2. The van der Waals surface area contributed by atoms with Crippen LogP contribution in [0.3, 0.4) is 0 Å². The van der Waals surface area contributed by atoms with E-state index in [0.717, 1.165) is 10.3 Å². The van der Waals surface area contributed by atoms with Gasteiger partial charge in [0.05, 0.1) is 25.5 Å². The fourth-order valence-corrected chi connectivity index (χ4v) is 2.76. The molecular weight excluding hydrogens is 334 g/mol. The van der Waals surface area contributed by atoms with Gasteiger partial charge in [0, 0.05) is 12.0 Å². The summed E-state index contributed by atoms with van der Waals surface area (Å²) in [5.41, 5.74) is 1.69. The third kappa shape index (κ3) is 3.26. The molecule has 1 heterocycles. The standard InChI is InChI=1S/C20H19NO5/c1-13-16(11-14-9-10-17(24-2)18(12-14)25-3)20(23)26-21(13)19(22)15-7-5-4-6-8-15/h4-10,12H,11H2,1-3H3. The van der Waals surface area contributed by atoms with Gasteiger partial charge in [0.25, 0.3) is 5.91 Å². The van der Waals surface area contributed by atoms with Gasteiger partial charge >= 0.3 is 5.63 Å². The first-order valence-electron chi connectivity index (χ1n) is 8.07. The molecule has 0 atom stereocenters. The van der Waals surface area contributed by atoms with Crippen LogP contribution in [-0.2, 0) is 6.42 Å². The van der Waals surface area contributed by atoms with E-state index >= 15 is 0 Å². The molecule has 0 spiro atoms. The van der Waals surface area contributed by atoms with Gasteiger partial charge < -0.3 is 14.0 Å². The Kier molecular flexibility index (Phi) is 4.93. The molecule has 0 fully saturated rings. The molecule has 0 unspecified atom stereocenters. The highest BCUT2D eigenvalue weighted by Crippen LogP contribution is 2.28. The molecule has 3 rings (SSSR count). The number of nitrogens with zero attached hydrogens (tertiary/aromatic N) is 1. The predicted molar refractivity (Wildman–Crippen MR) is 96.2 cm³/mol. The van der Waals surface area contributed by atoms with Gasteiger partial charge in [-0.1, -0.05) is 24.3 Å². The summed E-state index contributed by atoms with van der Waals surface area (Å²) in [6, 6.07) is 14.1. The van der Waals surface area contributed by atoms with Crippen LogP contribution in [0.15, 0.2) is 57.8 Å². The summed E-state index contributed by atoms with van der Waals surface area (Å²) >= 11 is 0. The van der Waals surface area contributed by atoms with Crippen LogP contribution in [0, 0.1) is 6.92 Å². The summed E-state index contributed by atoms with van der Waals surface area (Å²) in [6.07, 6.45) is 0.323. The average Bonchev–Trinajstić information content (AvgIpc) is 2.96. The lowest BCUT2D eigenvalue weighted by molar-refractivity contribution is 0.0834. The van der Waals surface area contributed by atoms with Gasteiger partial charge in [-0.2, -0.15) is 0 Å². The van der Waals surface area contributed by atoms with Crippen molar-refractivity contribution >= 4 is 5.91 Å². The summed E-state index contributed by atoms with van der Waals surface area (Å²) < 4.78 is 16.8. The van der Waals surface area contributed by atoms with E-state index in [0.29, 0.717) is 34.7 Å². The zero-order valence-corrected chi connectivity index (χ0v) is 14.8. The highest BCUT2D eigenvalue weighted by Gasteiger charge is 2.20. The average molecular weight is 353 g/mol. The van der Waals surface area contributed by atoms with Crippen LogP contribution < -0.4 is 15.1 Å². The van der Waals surface area contributed by atoms with Crippen LogP contribution in [0.25, 0.3) is 0 Å². The van der Waals surface area contributed by atoms with Crippen molar-refractivity contribution in [3.8, 4) is 11.5 Å². The third-order valence-electron chi connectivity index (χ3n) is 4.20. The maximum atomic E-state index is 12.6. The van der Waals surface area contributed by atoms with E-state index in [-0.39, 0.29) is 5.91 Å². The second kappa shape index (κ2) is 7.31. The molecule has 0 saturated heterocycles. The number of benzene rings is 2. The lowest BCUT2D eigenvalue weighted by Gasteiger charge is -2.09. The molecule has 2 aromatic carbocycles. The summed E-state index contributed by atoms with van der Waals surface area (Å²) in [5.74, 6) is 0.808. The highest BCUT2D eigenvalue weighted by atomic mass is 16.5. The number of rotatable bonds is 5. The van der Waals surface area contributed by atoms with Crippen LogP contribution in [0.2, 0.25) is 0 Å². The maximum Gasteiger partial charge on any atom is 0.361 e. The Morgan fingerprint density at radius 3 is 2.38 bits per heavy atom. The van der Waals surface area contributed by atoms with Gasteiger partial charge in [-0.15, -0.1) is 4.74 Å². The summed E-state index contributed by atoms with van der Waals surface area (Å²) in [4.78, 5) is 24.8. The number of hydrogen-bond donors (Lipinski definition) is 0. The predicted octanol–water partition coefficient (Wildman–Crippen LogP) is 3.05. The zero-order valence-electron chi connectivity index (χ0n) is 14.8. The van der Waals surface area contributed by atoms with Gasteiger partial charge in [0.2, 0.25) is 0 Å². The van der Waals surface area contributed by atoms with Gasteiger partial charge in [-0.3, -0.25) is 4.79 Å². The summed E-state index contributed by atoms with van der Waals surface area (Å²) in [7, 11) is 3.11. The molecule has 0 radical (unpaired) electrons. The van der Waals surface area contributed by atoms with E-state index in [2.05, 4.69) is 0 Å². The number of carbonyl (C=O) groups is 1. The fraction of sp³-hybridized carbons (Fsp3) is 0.200. The molecule has 6 nitrogen and oxygen atoms in total. The first-order valence-corrected chi connectivity index (χ1v) is 8.07. The summed E-state index contributed by atoms with van der Waals surface area (Å²) in [5, 5.41) is 0. The Bertz CT molecular complexity index is 985.